The predicted molar refractivity (Wildman–Crippen MR) is 178 cm³/mol. The smallest absolute Gasteiger partial charge is 0.147 e. The molecule has 0 nitrogen and oxygen atoms in total. The number of unbranched alkanes of at least 4 members (excludes halogenated alkanes) is 5. The Labute approximate surface area is 269 Å². The molecule has 2 radical (unpaired) electrons. The first-order valence-electron chi connectivity index (χ1n) is 13.5. The maximum absolute atomic E-state index is 2.30. The van der Waals surface area contributed by atoms with E-state index in [4.69, 9.17) is 0 Å². The molecule has 0 atom stereocenters. The van der Waals surface area contributed by atoms with E-state index in [1.54, 1.807) is 0 Å². The van der Waals surface area contributed by atoms with E-state index < -0.39 is 0 Å². The molecule has 0 amide bonds. The van der Waals surface area contributed by atoms with Gasteiger partial charge in [-0.3, -0.25) is 0 Å². The zero-order valence-electron chi connectivity index (χ0n) is 23.2. The molecule has 202 valence electrons. The average molecular weight is 651 g/mol. The standard InChI is InChI=1S/2C13H9.C9H20Si.2ClH.Zr/c2*1-3-7-12-10(5-1)9-11-6-2-4-8-13(11)12;1-3-4-5-6-7-8-9-10-2;;;/h2*1-9H;3-9H2,1-2H3;2*1H;/q2*-1;;;;+2. The molecule has 0 aromatic heterocycles. The van der Waals surface area contributed by atoms with E-state index in [9.17, 15) is 0 Å². The van der Waals surface area contributed by atoms with Crippen LogP contribution in [-0.2, 0) is 26.2 Å². The monoisotopic (exact) mass is 648 g/mol. The summed E-state index contributed by atoms with van der Waals surface area (Å²) in [7, 11) is 1.17. The van der Waals surface area contributed by atoms with Crippen molar-refractivity contribution < 1.29 is 26.2 Å². The zero-order chi connectivity index (χ0) is 25.0. The van der Waals surface area contributed by atoms with Gasteiger partial charge in [0, 0.05) is 9.52 Å². The van der Waals surface area contributed by atoms with Gasteiger partial charge in [-0.15, -0.1) is 104 Å². The summed E-state index contributed by atoms with van der Waals surface area (Å²) in [6.07, 6.45) is 8.69. The van der Waals surface area contributed by atoms with Crippen molar-refractivity contribution in [3.8, 4) is 0 Å². The first-order valence-corrected chi connectivity index (χ1v) is 15.2. The van der Waals surface area contributed by atoms with Gasteiger partial charge in [0.25, 0.3) is 0 Å². The molecule has 0 bridgehead atoms. The van der Waals surface area contributed by atoms with Gasteiger partial charge >= 0.3 is 26.2 Å². The summed E-state index contributed by atoms with van der Waals surface area (Å²) in [6, 6.07) is 40.0. The summed E-state index contributed by atoms with van der Waals surface area (Å²) >= 11 is 0. The minimum Gasteiger partial charge on any atom is -0.147 e. The summed E-state index contributed by atoms with van der Waals surface area (Å²) in [5, 5.41) is 10.8. The van der Waals surface area contributed by atoms with Crippen molar-refractivity contribution in [3.05, 3.63) is 109 Å². The van der Waals surface area contributed by atoms with Crippen LogP contribution in [0.1, 0.15) is 45.4 Å². The van der Waals surface area contributed by atoms with Crippen LogP contribution in [-0.4, -0.2) is 9.52 Å². The number of hydrogen-bond acceptors (Lipinski definition) is 0. The van der Waals surface area contributed by atoms with Crippen molar-refractivity contribution >= 4 is 77.4 Å². The van der Waals surface area contributed by atoms with Crippen LogP contribution in [0, 0.1) is 0 Å². The second-order valence-corrected chi connectivity index (χ2v) is 10.7. The molecule has 0 unspecified atom stereocenters. The zero-order valence-corrected chi connectivity index (χ0v) is 28.2. The fraction of sp³-hybridized carbons (Fsp3) is 0.257. The molecule has 0 N–H and O–H groups in total. The van der Waals surface area contributed by atoms with Crippen molar-refractivity contribution in [3.63, 3.8) is 0 Å². The van der Waals surface area contributed by atoms with Gasteiger partial charge in [-0.05, 0) is 0 Å². The molecular formula is C35H40Cl2SiZr. The van der Waals surface area contributed by atoms with Crippen molar-refractivity contribution in [2.75, 3.05) is 0 Å². The predicted octanol–water partition coefficient (Wildman–Crippen LogP) is 11.8. The topological polar surface area (TPSA) is 0 Å². The van der Waals surface area contributed by atoms with Gasteiger partial charge in [-0.1, -0.05) is 131 Å². The molecule has 0 heterocycles. The Morgan fingerprint density at radius 1 is 0.487 bits per heavy atom. The first-order chi connectivity index (χ1) is 17.8. The van der Waals surface area contributed by atoms with Crippen molar-refractivity contribution in [1.82, 2.24) is 0 Å². The van der Waals surface area contributed by atoms with Crippen LogP contribution in [0.15, 0.2) is 109 Å². The van der Waals surface area contributed by atoms with Crippen LogP contribution in [0.25, 0.3) is 43.1 Å². The van der Waals surface area contributed by atoms with Crippen LogP contribution in [0.4, 0.5) is 0 Å². The number of fused-ring (bicyclic) bond motifs is 6. The Balaban J connectivity index is 0.000000286. The third-order valence-electron chi connectivity index (χ3n) is 6.83. The molecule has 6 aromatic rings. The number of benzene rings is 4. The molecule has 6 aromatic carbocycles. The van der Waals surface area contributed by atoms with Crippen molar-refractivity contribution in [2.45, 2.75) is 58.0 Å². The number of halogens is 2. The Kier molecular flexibility index (Phi) is 17.6. The number of rotatable bonds is 7. The molecule has 0 saturated carbocycles. The summed E-state index contributed by atoms with van der Waals surface area (Å²) in [6.45, 7) is 4.57. The van der Waals surface area contributed by atoms with Gasteiger partial charge in [0.2, 0.25) is 0 Å². The van der Waals surface area contributed by atoms with Crippen LogP contribution >= 0.6 is 24.8 Å². The summed E-state index contributed by atoms with van der Waals surface area (Å²) in [4.78, 5) is 0. The first kappa shape index (κ1) is 35.3. The molecule has 6 rings (SSSR count). The Morgan fingerprint density at radius 2 is 0.795 bits per heavy atom. The van der Waals surface area contributed by atoms with E-state index in [0.717, 1.165) is 0 Å². The maximum Gasteiger partial charge on any atom is 2.00 e. The summed E-state index contributed by atoms with van der Waals surface area (Å²) in [5.74, 6) is 0. The largest absolute Gasteiger partial charge is 2.00 e. The second kappa shape index (κ2) is 19.4. The summed E-state index contributed by atoms with van der Waals surface area (Å²) in [5.41, 5.74) is 0. The van der Waals surface area contributed by atoms with E-state index >= 15 is 0 Å². The SMILES string of the molecule is CCCCCCCC[Si]C.Cl.Cl.[Zr+2].c1ccc2c(c1)[cH-]c1ccccc12.c1ccc2c(c1)[cH-]c1ccccc12. The molecule has 0 aliphatic rings. The molecule has 0 aliphatic carbocycles. The number of hydrogen-bond donors (Lipinski definition) is 0. The molecule has 0 saturated heterocycles. The molecule has 39 heavy (non-hydrogen) atoms. The minimum atomic E-state index is 0. The molecule has 0 spiro atoms. The fourth-order valence-electron chi connectivity index (χ4n) is 4.89. The van der Waals surface area contributed by atoms with E-state index in [2.05, 4.69) is 123 Å². The van der Waals surface area contributed by atoms with E-state index in [0.29, 0.717) is 0 Å². The van der Waals surface area contributed by atoms with Crippen LogP contribution in [0.3, 0.4) is 0 Å². The van der Waals surface area contributed by atoms with E-state index in [-0.39, 0.29) is 51.0 Å². The van der Waals surface area contributed by atoms with Crippen LogP contribution in [0.2, 0.25) is 12.6 Å². The Morgan fingerprint density at radius 3 is 1.13 bits per heavy atom. The second-order valence-electron chi connectivity index (χ2n) is 9.51. The Hall–Kier alpha value is -1.70. The van der Waals surface area contributed by atoms with Crippen molar-refractivity contribution in [1.29, 1.82) is 0 Å². The maximum atomic E-state index is 2.30. The van der Waals surface area contributed by atoms with Gasteiger partial charge < -0.3 is 0 Å². The minimum absolute atomic E-state index is 0. The van der Waals surface area contributed by atoms with Gasteiger partial charge in [-0.2, -0.15) is 0 Å². The third-order valence-corrected chi connectivity index (χ3v) is 7.68. The molecule has 4 heteroatoms. The molecule has 0 aliphatic heterocycles. The van der Waals surface area contributed by atoms with Gasteiger partial charge in [0.15, 0.2) is 0 Å². The van der Waals surface area contributed by atoms with Gasteiger partial charge in [0.1, 0.15) is 0 Å². The van der Waals surface area contributed by atoms with E-state index in [1.807, 2.05) is 0 Å². The van der Waals surface area contributed by atoms with E-state index in [1.165, 1.54) is 97.2 Å². The van der Waals surface area contributed by atoms with Crippen LogP contribution in [0.5, 0.6) is 0 Å². The quantitative estimate of drug-likeness (QED) is 0.0916. The molecular weight excluding hydrogens is 611 g/mol. The Bertz CT molecular complexity index is 1270. The average Bonchev–Trinajstić information content (AvgIpc) is 3.50. The van der Waals surface area contributed by atoms with Crippen molar-refractivity contribution in [2.24, 2.45) is 0 Å². The third kappa shape index (κ3) is 10.0. The van der Waals surface area contributed by atoms with Crippen LogP contribution < -0.4 is 0 Å². The normalized spacial score (nSPS) is 10.0. The van der Waals surface area contributed by atoms with Gasteiger partial charge in [-0.25, -0.2) is 0 Å². The van der Waals surface area contributed by atoms with Gasteiger partial charge in [0.05, 0.1) is 0 Å². The molecule has 0 fully saturated rings. The summed E-state index contributed by atoms with van der Waals surface area (Å²) < 4.78 is 0. The fourth-order valence-corrected chi connectivity index (χ4v) is 5.49.